The molecule has 18 heteroatoms. The number of amides is 2. The number of alkyl halides is 6. The molecule has 1 fully saturated rings. The van der Waals surface area contributed by atoms with Gasteiger partial charge in [0, 0.05) is 29.5 Å². The molecule has 42 heavy (non-hydrogen) atoms. The molecule has 0 bridgehead atoms. The van der Waals surface area contributed by atoms with Gasteiger partial charge in [-0.25, -0.2) is 4.79 Å². The Kier molecular flexibility index (Phi) is 11.9. The van der Waals surface area contributed by atoms with E-state index in [1.54, 1.807) is 12.2 Å². The molecule has 0 aromatic rings. The molecule has 2 atom stereocenters. The highest BCUT2D eigenvalue weighted by molar-refractivity contribution is 8.00. The minimum atomic E-state index is -1.96. The number of nitrogens with one attached hydrogen (secondary N) is 1. The van der Waals surface area contributed by atoms with Gasteiger partial charge in [0.1, 0.15) is 30.9 Å². The molecule has 0 spiro atoms. The van der Waals surface area contributed by atoms with Gasteiger partial charge in [0.15, 0.2) is 5.54 Å². The van der Waals surface area contributed by atoms with Gasteiger partial charge in [-0.15, -0.1) is 11.8 Å². The van der Waals surface area contributed by atoms with Crippen LogP contribution in [-0.2, 0) is 38.2 Å². The molecule has 0 saturated carbocycles. The molecule has 0 aromatic carbocycles. The van der Waals surface area contributed by atoms with Crippen molar-refractivity contribution in [3.8, 4) is 0 Å². The lowest BCUT2D eigenvalue weighted by molar-refractivity contribution is -0.166. The molecule has 3 rings (SSSR count). The second-order valence-electron chi connectivity index (χ2n) is 9.16. The van der Waals surface area contributed by atoms with E-state index in [0.29, 0.717) is 16.9 Å². The van der Waals surface area contributed by atoms with Gasteiger partial charge in [-0.2, -0.15) is 0 Å². The Morgan fingerprint density at radius 1 is 1.10 bits per heavy atom. The van der Waals surface area contributed by atoms with Crippen molar-refractivity contribution in [3.63, 3.8) is 0 Å². The summed E-state index contributed by atoms with van der Waals surface area (Å²) in [5.74, 6) is -4.06. The van der Waals surface area contributed by atoms with Gasteiger partial charge in [-0.1, -0.05) is 100 Å². The van der Waals surface area contributed by atoms with Gasteiger partial charge in [0.05, 0.1) is 12.8 Å². The Morgan fingerprint density at radius 3 is 2.33 bits per heavy atom. The van der Waals surface area contributed by atoms with Crippen LogP contribution in [0.15, 0.2) is 35.1 Å². The lowest BCUT2D eigenvalue weighted by Crippen LogP contribution is -2.80. The van der Waals surface area contributed by atoms with Crippen LogP contribution in [0.25, 0.3) is 0 Å². The molecule has 230 valence electrons. The van der Waals surface area contributed by atoms with Crippen molar-refractivity contribution < 1.29 is 38.2 Å². The second-order valence-corrected chi connectivity index (χ2v) is 15.8. The summed E-state index contributed by atoms with van der Waals surface area (Å²) in [5, 5.41) is 1.65. The highest BCUT2D eigenvalue weighted by Crippen LogP contribution is 2.48. The predicted octanol–water partition coefficient (Wildman–Crippen LogP) is 4.44. The van der Waals surface area contributed by atoms with Crippen LogP contribution < -0.4 is 5.32 Å². The van der Waals surface area contributed by atoms with Crippen LogP contribution in [0.4, 0.5) is 0 Å². The first kappa shape index (κ1) is 35.2. The molecule has 2 aliphatic heterocycles. The number of hydrogen-bond donors (Lipinski definition) is 1. The van der Waals surface area contributed by atoms with E-state index < -0.39 is 67.9 Å². The first-order valence-electron chi connectivity index (χ1n) is 11.9. The molecular formula is C24H22Cl6N2O8S2. The number of thiocarbonyl (C=S) groups is 1. The Hall–Kier alpha value is -1.25. The largest absolute Gasteiger partial charge is 0.461 e. The van der Waals surface area contributed by atoms with Crippen LogP contribution >= 0.6 is 93.6 Å². The summed E-state index contributed by atoms with van der Waals surface area (Å²) < 4.78 is 11.3. The topological polar surface area (TPSA) is 128 Å². The molecule has 10 nitrogen and oxygen atoms in total. The quantitative estimate of drug-likeness (QED) is 0.113. The third-order valence-corrected chi connectivity index (χ3v) is 8.41. The second kappa shape index (κ2) is 14.2. The smallest absolute Gasteiger partial charge is 0.355 e. The van der Waals surface area contributed by atoms with Crippen LogP contribution in [0, 0.1) is 0 Å². The normalized spacial score (nSPS) is 22.1. The van der Waals surface area contributed by atoms with Crippen molar-refractivity contribution in [3.05, 3.63) is 35.1 Å². The summed E-state index contributed by atoms with van der Waals surface area (Å²) in [6.45, 7) is -0.456. The number of carbonyl (C=O) groups is 5. The lowest BCUT2D eigenvalue weighted by Gasteiger charge is -2.57. The van der Waals surface area contributed by atoms with Crippen LogP contribution in [0.5, 0.6) is 0 Å². The number of allylic oxidation sites excluding steroid dienone is 3. The molecule has 0 unspecified atom stereocenters. The summed E-state index contributed by atoms with van der Waals surface area (Å²) in [4.78, 5) is 66.1. The zero-order chi connectivity index (χ0) is 31.5. The third kappa shape index (κ3) is 9.13. The Morgan fingerprint density at radius 2 is 1.74 bits per heavy atom. The van der Waals surface area contributed by atoms with E-state index in [2.05, 4.69) is 5.32 Å². The standard InChI is InChI=1S/C24H22Cl6N2O8S2/c1-12(33)38-8-14-9-42-21-22(7-17(35)39-10-23(25,26)27,31-16(34)6-13-4-2-3-5-15(13)41)20(37)32(21)18(14)19(36)40-11-24(28,29)30/h2-4,21H,5-11H2,1H3,(H,31,34)/t21-,22-/m1/s1. The average molecular weight is 743 g/mol. The number of nitrogens with zero attached hydrogens (tertiary/aromatic N) is 1. The van der Waals surface area contributed by atoms with Crippen molar-refractivity contribution in [2.75, 3.05) is 25.6 Å². The predicted molar refractivity (Wildman–Crippen MR) is 164 cm³/mol. The van der Waals surface area contributed by atoms with Gasteiger partial charge in [-0.05, 0) is 5.57 Å². The zero-order valence-electron chi connectivity index (χ0n) is 21.6. The van der Waals surface area contributed by atoms with Crippen molar-refractivity contribution in [1.82, 2.24) is 10.2 Å². The van der Waals surface area contributed by atoms with Crippen molar-refractivity contribution in [2.45, 2.75) is 44.7 Å². The Balaban J connectivity index is 1.95. The average Bonchev–Trinajstić information content (AvgIpc) is 2.88. The minimum absolute atomic E-state index is 0.0424. The van der Waals surface area contributed by atoms with Gasteiger partial charge in [0.2, 0.25) is 13.5 Å². The molecule has 1 aliphatic carbocycles. The van der Waals surface area contributed by atoms with E-state index in [1.165, 1.54) is 6.92 Å². The van der Waals surface area contributed by atoms with Crippen LogP contribution in [0.3, 0.4) is 0 Å². The summed E-state index contributed by atoms with van der Waals surface area (Å²) >= 11 is 40.6. The van der Waals surface area contributed by atoms with E-state index in [0.717, 1.165) is 16.7 Å². The minimum Gasteiger partial charge on any atom is -0.461 e. The Bertz CT molecular complexity index is 1280. The molecule has 0 aromatic heterocycles. The van der Waals surface area contributed by atoms with E-state index in [-0.39, 0.29) is 30.1 Å². The van der Waals surface area contributed by atoms with Gasteiger partial charge in [0.25, 0.3) is 5.91 Å². The van der Waals surface area contributed by atoms with Crippen LogP contribution in [-0.4, -0.2) is 83.6 Å². The number of rotatable bonds is 10. The number of esters is 3. The molecule has 2 heterocycles. The number of β-lactam (4-membered cyclic amide) rings is 1. The van der Waals surface area contributed by atoms with Gasteiger partial charge < -0.3 is 19.5 Å². The fraction of sp³-hybridized carbons (Fsp3) is 0.500. The number of carbonyl (C=O) groups excluding carboxylic acids is 5. The van der Waals surface area contributed by atoms with Crippen molar-refractivity contribution in [1.29, 1.82) is 0 Å². The number of ether oxygens (including phenoxy) is 3. The first-order valence-corrected chi connectivity index (χ1v) is 15.6. The number of fused-ring (bicyclic) bond motifs is 1. The number of halogens is 6. The first-order chi connectivity index (χ1) is 19.4. The monoisotopic (exact) mass is 740 g/mol. The van der Waals surface area contributed by atoms with Crippen molar-refractivity contribution >= 4 is 128 Å². The maximum Gasteiger partial charge on any atom is 0.355 e. The molecule has 1 saturated heterocycles. The summed E-state index contributed by atoms with van der Waals surface area (Å²) in [5.41, 5.74) is -1.36. The van der Waals surface area contributed by atoms with Crippen LogP contribution in [0.1, 0.15) is 26.2 Å². The Labute approximate surface area is 280 Å². The maximum atomic E-state index is 13.9. The zero-order valence-corrected chi connectivity index (χ0v) is 27.7. The van der Waals surface area contributed by atoms with E-state index in [1.807, 2.05) is 6.08 Å². The molecule has 1 N–H and O–H groups in total. The number of hydrogen-bond acceptors (Lipinski definition) is 10. The SMILES string of the molecule is CC(=O)OCC1=C(C(=O)OCC(Cl)(Cl)Cl)N2C(=O)[C@@](CC(=O)OCC(Cl)(Cl)Cl)(NC(=O)CC3=CC=CCC3=S)[C@H]2SC1. The molecular weight excluding hydrogens is 721 g/mol. The van der Waals surface area contributed by atoms with Gasteiger partial charge in [-0.3, -0.25) is 24.1 Å². The molecule has 0 radical (unpaired) electrons. The summed E-state index contributed by atoms with van der Waals surface area (Å²) in [6.07, 6.45) is 4.90. The molecule has 3 aliphatic rings. The van der Waals surface area contributed by atoms with E-state index in [4.69, 9.17) is 96.0 Å². The summed E-state index contributed by atoms with van der Waals surface area (Å²) in [7, 11) is 0. The highest BCUT2D eigenvalue weighted by Gasteiger charge is 2.66. The highest BCUT2D eigenvalue weighted by atomic mass is 35.6. The third-order valence-electron chi connectivity index (χ3n) is 5.89. The molecule has 2 amide bonds. The number of thioether (sulfide) groups is 1. The van der Waals surface area contributed by atoms with Crippen molar-refractivity contribution in [2.24, 2.45) is 0 Å². The van der Waals surface area contributed by atoms with Crippen LogP contribution in [0.2, 0.25) is 0 Å². The fourth-order valence-electron chi connectivity index (χ4n) is 4.16. The van der Waals surface area contributed by atoms with Gasteiger partial charge >= 0.3 is 17.9 Å². The maximum absolute atomic E-state index is 13.9. The van der Waals surface area contributed by atoms with E-state index >= 15 is 0 Å². The summed E-state index contributed by atoms with van der Waals surface area (Å²) in [6, 6.07) is 0. The van der Waals surface area contributed by atoms with E-state index in [9.17, 15) is 24.0 Å². The fourth-order valence-corrected chi connectivity index (χ4v) is 6.18. The lowest BCUT2D eigenvalue weighted by atomic mass is 9.82.